The summed E-state index contributed by atoms with van der Waals surface area (Å²) >= 11 is 0. The van der Waals surface area contributed by atoms with Crippen LogP contribution in [0.2, 0.25) is 0 Å². The van der Waals surface area contributed by atoms with Gasteiger partial charge in [-0.2, -0.15) is 0 Å². The first kappa shape index (κ1) is 9.00. The summed E-state index contributed by atoms with van der Waals surface area (Å²) in [5, 5.41) is 8.90. The van der Waals surface area contributed by atoms with E-state index in [9.17, 15) is 4.79 Å². The molecular formula is C10H17NO2. The van der Waals surface area contributed by atoms with Gasteiger partial charge in [0.25, 0.3) is 0 Å². The fraction of sp³-hybridized carbons (Fsp3) is 0.900. The van der Waals surface area contributed by atoms with Crippen LogP contribution in [0.25, 0.3) is 0 Å². The Kier molecular flexibility index (Phi) is 1.88. The van der Waals surface area contributed by atoms with Gasteiger partial charge in [0.15, 0.2) is 0 Å². The topological polar surface area (TPSA) is 40.5 Å². The maximum Gasteiger partial charge on any atom is 0.307 e. The second-order valence-electron chi connectivity index (χ2n) is 4.85. The lowest BCUT2D eigenvalue weighted by Crippen LogP contribution is -2.21. The number of likely N-dealkylation sites (tertiary alicyclic amines) is 1. The van der Waals surface area contributed by atoms with Crippen LogP contribution < -0.4 is 0 Å². The third-order valence-corrected chi connectivity index (χ3v) is 3.90. The van der Waals surface area contributed by atoms with E-state index in [2.05, 4.69) is 18.9 Å². The molecule has 0 aromatic carbocycles. The Labute approximate surface area is 78.7 Å². The van der Waals surface area contributed by atoms with Crippen LogP contribution in [-0.2, 0) is 4.79 Å². The van der Waals surface area contributed by atoms with Gasteiger partial charge in [0.05, 0.1) is 5.92 Å². The molecule has 1 aliphatic heterocycles. The fourth-order valence-electron chi connectivity index (χ4n) is 2.67. The van der Waals surface area contributed by atoms with Gasteiger partial charge in [-0.25, -0.2) is 0 Å². The summed E-state index contributed by atoms with van der Waals surface area (Å²) in [6.45, 7) is 4.35. The molecule has 2 aliphatic rings. The molecule has 1 saturated heterocycles. The quantitative estimate of drug-likeness (QED) is 0.695. The van der Waals surface area contributed by atoms with Gasteiger partial charge in [0.1, 0.15) is 0 Å². The fourth-order valence-corrected chi connectivity index (χ4v) is 2.67. The molecule has 3 heteroatoms. The zero-order valence-electron chi connectivity index (χ0n) is 8.29. The minimum absolute atomic E-state index is 0.0657. The Hall–Kier alpha value is -0.570. The molecule has 0 bridgehead atoms. The average Bonchev–Trinajstić information content (AvgIpc) is 2.54. The Bertz CT molecular complexity index is 241. The van der Waals surface area contributed by atoms with E-state index in [1.165, 1.54) is 6.42 Å². The summed E-state index contributed by atoms with van der Waals surface area (Å²) in [6, 6.07) is 0. The van der Waals surface area contributed by atoms with Crippen molar-refractivity contribution in [3.63, 3.8) is 0 Å². The molecule has 0 radical (unpaired) electrons. The maximum atomic E-state index is 10.8. The molecule has 0 aromatic rings. The third kappa shape index (κ3) is 1.35. The Morgan fingerprint density at radius 3 is 2.69 bits per heavy atom. The monoisotopic (exact) mass is 183 g/mol. The molecule has 3 nitrogen and oxygen atoms in total. The molecule has 2 rings (SSSR count). The van der Waals surface area contributed by atoms with Crippen molar-refractivity contribution < 1.29 is 9.90 Å². The SMILES string of the molecule is CN1CCC(C2(C)CC2C(=O)O)C1. The number of rotatable bonds is 2. The Balaban J connectivity index is 1.99. The molecule has 0 spiro atoms. The van der Waals surface area contributed by atoms with Crippen molar-refractivity contribution in [2.75, 3.05) is 20.1 Å². The summed E-state index contributed by atoms with van der Waals surface area (Å²) in [6.07, 6.45) is 2.07. The molecule has 74 valence electrons. The van der Waals surface area contributed by atoms with Gasteiger partial charge >= 0.3 is 5.97 Å². The Morgan fingerprint density at radius 2 is 2.31 bits per heavy atom. The zero-order valence-corrected chi connectivity index (χ0v) is 8.29. The smallest absolute Gasteiger partial charge is 0.307 e. The van der Waals surface area contributed by atoms with Crippen molar-refractivity contribution in [2.45, 2.75) is 19.8 Å². The highest BCUT2D eigenvalue weighted by atomic mass is 16.4. The van der Waals surface area contributed by atoms with Crippen molar-refractivity contribution in [1.29, 1.82) is 0 Å². The number of carboxylic acids is 1. The van der Waals surface area contributed by atoms with Crippen LogP contribution in [0.4, 0.5) is 0 Å². The van der Waals surface area contributed by atoms with Crippen LogP contribution in [0, 0.1) is 17.3 Å². The van der Waals surface area contributed by atoms with E-state index in [1.807, 2.05) is 0 Å². The number of carboxylic acid groups (broad SMARTS) is 1. The van der Waals surface area contributed by atoms with Crippen LogP contribution in [0.15, 0.2) is 0 Å². The minimum Gasteiger partial charge on any atom is -0.481 e. The van der Waals surface area contributed by atoms with E-state index < -0.39 is 5.97 Å². The predicted octanol–water partition coefficient (Wildman–Crippen LogP) is 1.05. The van der Waals surface area contributed by atoms with Crippen LogP contribution in [-0.4, -0.2) is 36.1 Å². The van der Waals surface area contributed by atoms with Crippen LogP contribution in [0.1, 0.15) is 19.8 Å². The summed E-state index contributed by atoms with van der Waals surface area (Å²) in [5.74, 6) is -0.0559. The van der Waals surface area contributed by atoms with Gasteiger partial charge in [-0.15, -0.1) is 0 Å². The lowest BCUT2D eigenvalue weighted by Gasteiger charge is -2.18. The number of aliphatic carboxylic acids is 1. The lowest BCUT2D eigenvalue weighted by atomic mass is 9.88. The van der Waals surface area contributed by atoms with E-state index in [0.29, 0.717) is 5.92 Å². The van der Waals surface area contributed by atoms with E-state index in [4.69, 9.17) is 5.11 Å². The van der Waals surface area contributed by atoms with Crippen LogP contribution in [0.3, 0.4) is 0 Å². The van der Waals surface area contributed by atoms with Crippen molar-refractivity contribution in [2.24, 2.45) is 17.3 Å². The predicted molar refractivity (Wildman–Crippen MR) is 49.5 cm³/mol. The van der Waals surface area contributed by atoms with Gasteiger partial charge in [0, 0.05) is 6.54 Å². The van der Waals surface area contributed by atoms with E-state index >= 15 is 0 Å². The third-order valence-electron chi connectivity index (χ3n) is 3.90. The van der Waals surface area contributed by atoms with Crippen molar-refractivity contribution >= 4 is 5.97 Å². The first-order chi connectivity index (χ1) is 6.04. The normalized spacial score (nSPS) is 45.1. The van der Waals surface area contributed by atoms with Gasteiger partial charge in [-0.1, -0.05) is 6.92 Å². The average molecular weight is 183 g/mol. The lowest BCUT2D eigenvalue weighted by molar-refractivity contribution is -0.139. The van der Waals surface area contributed by atoms with Crippen LogP contribution >= 0.6 is 0 Å². The molecule has 13 heavy (non-hydrogen) atoms. The minimum atomic E-state index is -0.600. The molecule has 3 atom stereocenters. The second-order valence-corrected chi connectivity index (χ2v) is 4.85. The molecule has 0 aromatic heterocycles. The molecule has 1 N–H and O–H groups in total. The first-order valence-corrected chi connectivity index (χ1v) is 4.95. The second kappa shape index (κ2) is 2.71. The molecule has 1 saturated carbocycles. The van der Waals surface area contributed by atoms with Gasteiger partial charge in [-0.05, 0) is 37.8 Å². The van der Waals surface area contributed by atoms with Gasteiger partial charge < -0.3 is 10.0 Å². The maximum absolute atomic E-state index is 10.8. The van der Waals surface area contributed by atoms with Gasteiger partial charge in [0.2, 0.25) is 0 Å². The molecule has 1 aliphatic carbocycles. The summed E-state index contributed by atoms with van der Waals surface area (Å²) < 4.78 is 0. The van der Waals surface area contributed by atoms with Crippen molar-refractivity contribution in [1.82, 2.24) is 4.90 Å². The largest absolute Gasteiger partial charge is 0.481 e. The summed E-state index contributed by atoms with van der Waals surface area (Å²) in [4.78, 5) is 13.1. The highest BCUT2D eigenvalue weighted by Gasteiger charge is 2.59. The molecule has 1 heterocycles. The molecular weight excluding hydrogens is 166 g/mol. The number of carbonyl (C=O) groups is 1. The van der Waals surface area contributed by atoms with E-state index in [-0.39, 0.29) is 11.3 Å². The van der Waals surface area contributed by atoms with Crippen molar-refractivity contribution in [3.8, 4) is 0 Å². The molecule has 2 fully saturated rings. The van der Waals surface area contributed by atoms with Gasteiger partial charge in [-0.3, -0.25) is 4.79 Å². The highest BCUT2D eigenvalue weighted by molar-refractivity contribution is 5.74. The number of hydrogen-bond acceptors (Lipinski definition) is 2. The first-order valence-electron chi connectivity index (χ1n) is 4.95. The zero-order chi connectivity index (χ0) is 9.64. The van der Waals surface area contributed by atoms with E-state index in [1.54, 1.807) is 0 Å². The molecule has 0 amide bonds. The number of nitrogens with zero attached hydrogens (tertiary/aromatic N) is 1. The van der Waals surface area contributed by atoms with Crippen molar-refractivity contribution in [3.05, 3.63) is 0 Å². The van der Waals surface area contributed by atoms with Crippen LogP contribution in [0.5, 0.6) is 0 Å². The summed E-state index contributed by atoms with van der Waals surface area (Å²) in [7, 11) is 2.11. The standard InChI is InChI=1S/C10H17NO2/c1-10(5-8(10)9(12)13)7-3-4-11(2)6-7/h7-8H,3-6H2,1-2H3,(H,12,13). The molecule has 3 unspecified atom stereocenters. The number of hydrogen-bond donors (Lipinski definition) is 1. The highest BCUT2D eigenvalue weighted by Crippen LogP contribution is 2.59. The summed E-state index contributed by atoms with van der Waals surface area (Å²) in [5.41, 5.74) is 0.108. The Morgan fingerprint density at radius 1 is 1.62 bits per heavy atom. The van der Waals surface area contributed by atoms with E-state index in [0.717, 1.165) is 19.5 Å².